The molecule has 3 N–H and O–H groups in total. The molecule has 0 bridgehead atoms. The number of hydrogen-bond donors (Lipinski definition) is 2. The van der Waals surface area contributed by atoms with Crippen molar-refractivity contribution in [2.24, 2.45) is 5.73 Å². The van der Waals surface area contributed by atoms with Crippen LogP contribution in [0.3, 0.4) is 0 Å². The van der Waals surface area contributed by atoms with Crippen molar-refractivity contribution < 1.29 is 14.6 Å². The van der Waals surface area contributed by atoms with Crippen LogP contribution >= 0.6 is 0 Å². The average molecular weight is 223 g/mol. The third kappa shape index (κ3) is 3.24. The molecule has 16 heavy (non-hydrogen) atoms. The summed E-state index contributed by atoms with van der Waals surface area (Å²) in [4.78, 5) is 10.9. The molecule has 1 atom stereocenters. The molecule has 1 aromatic carbocycles. The zero-order valence-corrected chi connectivity index (χ0v) is 9.35. The zero-order chi connectivity index (χ0) is 12.0. The molecule has 1 aromatic rings. The van der Waals surface area contributed by atoms with Gasteiger partial charge in [0.15, 0.2) is 6.10 Å². The van der Waals surface area contributed by atoms with Crippen LogP contribution < -0.4 is 10.5 Å². The molecule has 0 aromatic heterocycles. The first kappa shape index (κ1) is 12.5. The molecule has 0 saturated carbocycles. The Bertz CT molecular complexity index is 352. The lowest BCUT2D eigenvalue weighted by molar-refractivity contribution is -0.145. The molecule has 4 nitrogen and oxygen atoms in total. The second-order valence-corrected chi connectivity index (χ2v) is 3.50. The van der Waals surface area contributed by atoms with Gasteiger partial charge in [-0.2, -0.15) is 0 Å². The molecular weight excluding hydrogens is 206 g/mol. The predicted molar refractivity (Wildman–Crippen MR) is 61.5 cm³/mol. The van der Waals surface area contributed by atoms with Crippen LogP contribution in [0.1, 0.15) is 18.9 Å². The fourth-order valence-electron chi connectivity index (χ4n) is 1.44. The minimum atomic E-state index is -0.940. The van der Waals surface area contributed by atoms with Crippen molar-refractivity contribution in [3.05, 3.63) is 29.8 Å². The van der Waals surface area contributed by atoms with Gasteiger partial charge in [0, 0.05) is 0 Å². The topological polar surface area (TPSA) is 72.5 Å². The monoisotopic (exact) mass is 223 g/mol. The van der Waals surface area contributed by atoms with Gasteiger partial charge in [-0.3, -0.25) is 0 Å². The summed E-state index contributed by atoms with van der Waals surface area (Å²) in [7, 11) is 0. The van der Waals surface area contributed by atoms with E-state index in [-0.39, 0.29) is 0 Å². The maximum atomic E-state index is 10.9. The lowest BCUT2D eigenvalue weighted by Crippen LogP contribution is -2.26. The molecule has 1 unspecified atom stereocenters. The second kappa shape index (κ2) is 6.12. The fourth-order valence-corrected chi connectivity index (χ4v) is 1.44. The highest BCUT2D eigenvalue weighted by Gasteiger charge is 2.17. The highest BCUT2D eigenvalue weighted by atomic mass is 16.5. The smallest absolute Gasteiger partial charge is 0.344 e. The molecule has 0 spiro atoms. The van der Waals surface area contributed by atoms with Gasteiger partial charge in [0.1, 0.15) is 5.75 Å². The van der Waals surface area contributed by atoms with E-state index in [0.29, 0.717) is 25.1 Å². The molecule has 88 valence electrons. The van der Waals surface area contributed by atoms with Gasteiger partial charge in [-0.1, -0.05) is 25.1 Å². The lowest BCUT2D eigenvalue weighted by atomic mass is 10.1. The number of carboxylic acids is 1. The summed E-state index contributed by atoms with van der Waals surface area (Å²) in [5.41, 5.74) is 6.43. The number of rotatable bonds is 6. The summed E-state index contributed by atoms with van der Waals surface area (Å²) in [6.45, 7) is 2.30. The Balaban J connectivity index is 2.82. The van der Waals surface area contributed by atoms with Crippen molar-refractivity contribution >= 4 is 5.97 Å². The SMILES string of the molecule is CCC(Oc1ccccc1CCN)C(=O)O. The highest BCUT2D eigenvalue weighted by Crippen LogP contribution is 2.20. The lowest BCUT2D eigenvalue weighted by Gasteiger charge is -2.15. The quantitative estimate of drug-likeness (QED) is 0.765. The number of para-hydroxylation sites is 1. The molecule has 0 heterocycles. The maximum absolute atomic E-state index is 10.9. The fraction of sp³-hybridized carbons (Fsp3) is 0.417. The number of aliphatic carboxylic acids is 1. The zero-order valence-electron chi connectivity index (χ0n) is 9.35. The first-order chi connectivity index (χ1) is 7.69. The number of ether oxygens (including phenoxy) is 1. The largest absolute Gasteiger partial charge is 0.479 e. The maximum Gasteiger partial charge on any atom is 0.344 e. The van der Waals surface area contributed by atoms with Crippen molar-refractivity contribution in [3.8, 4) is 5.75 Å². The number of carbonyl (C=O) groups is 1. The number of benzene rings is 1. The summed E-state index contributed by atoms with van der Waals surface area (Å²) in [6, 6.07) is 7.39. The van der Waals surface area contributed by atoms with E-state index in [0.717, 1.165) is 5.56 Å². The van der Waals surface area contributed by atoms with E-state index in [1.807, 2.05) is 18.2 Å². The number of nitrogens with two attached hydrogens (primary N) is 1. The highest BCUT2D eigenvalue weighted by molar-refractivity contribution is 5.72. The van der Waals surface area contributed by atoms with Crippen molar-refractivity contribution in [2.75, 3.05) is 6.54 Å². The van der Waals surface area contributed by atoms with Crippen LogP contribution in [0.4, 0.5) is 0 Å². The molecule has 0 amide bonds. The van der Waals surface area contributed by atoms with Gasteiger partial charge < -0.3 is 15.6 Å². The molecule has 0 fully saturated rings. The van der Waals surface area contributed by atoms with Crippen LogP contribution in [0.2, 0.25) is 0 Å². The first-order valence-electron chi connectivity index (χ1n) is 5.36. The normalized spacial score (nSPS) is 12.1. The number of carboxylic acid groups (broad SMARTS) is 1. The Morgan fingerprint density at radius 3 is 2.75 bits per heavy atom. The Labute approximate surface area is 95.0 Å². The Hall–Kier alpha value is -1.55. The van der Waals surface area contributed by atoms with Gasteiger partial charge in [-0.15, -0.1) is 0 Å². The van der Waals surface area contributed by atoms with Gasteiger partial charge in [-0.25, -0.2) is 4.79 Å². The van der Waals surface area contributed by atoms with Crippen LogP contribution in [0.5, 0.6) is 5.75 Å². The summed E-state index contributed by atoms with van der Waals surface area (Å²) >= 11 is 0. The Kier molecular flexibility index (Phi) is 4.79. The van der Waals surface area contributed by atoms with E-state index >= 15 is 0 Å². The molecule has 0 aliphatic rings. The van der Waals surface area contributed by atoms with E-state index < -0.39 is 12.1 Å². The molecule has 0 aliphatic carbocycles. The standard InChI is InChI=1S/C12H17NO3/c1-2-10(12(14)15)16-11-6-4-3-5-9(11)7-8-13/h3-6,10H,2,7-8,13H2,1H3,(H,14,15). The molecule has 0 saturated heterocycles. The van der Waals surface area contributed by atoms with Crippen LogP contribution in [0, 0.1) is 0 Å². The van der Waals surface area contributed by atoms with Crippen LogP contribution in [0.15, 0.2) is 24.3 Å². The van der Waals surface area contributed by atoms with Gasteiger partial charge in [0.05, 0.1) is 0 Å². The van der Waals surface area contributed by atoms with E-state index in [4.69, 9.17) is 15.6 Å². The molecule has 4 heteroatoms. The van der Waals surface area contributed by atoms with Gasteiger partial charge in [-0.05, 0) is 31.0 Å². The summed E-state index contributed by atoms with van der Waals surface area (Å²) in [5.74, 6) is -0.327. The van der Waals surface area contributed by atoms with Gasteiger partial charge in [0.25, 0.3) is 0 Å². The summed E-state index contributed by atoms with van der Waals surface area (Å²) in [6.07, 6.45) is 0.331. The van der Waals surface area contributed by atoms with Crippen molar-refractivity contribution in [1.29, 1.82) is 0 Å². The predicted octanol–water partition coefficient (Wildman–Crippen LogP) is 1.43. The number of hydrogen-bond acceptors (Lipinski definition) is 3. The van der Waals surface area contributed by atoms with Gasteiger partial charge >= 0.3 is 5.97 Å². The van der Waals surface area contributed by atoms with Crippen molar-refractivity contribution in [1.82, 2.24) is 0 Å². The molecule has 0 radical (unpaired) electrons. The van der Waals surface area contributed by atoms with Crippen molar-refractivity contribution in [2.45, 2.75) is 25.9 Å². The van der Waals surface area contributed by atoms with E-state index in [9.17, 15) is 4.79 Å². The van der Waals surface area contributed by atoms with E-state index in [1.165, 1.54) is 0 Å². The third-order valence-electron chi connectivity index (χ3n) is 2.30. The van der Waals surface area contributed by atoms with Crippen LogP contribution in [0.25, 0.3) is 0 Å². The van der Waals surface area contributed by atoms with Crippen molar-refractivity contribution in [3.63, 3.8) is 0 Å². The molecule has 0 aliphatic heterocycles. The molecular formula is C12H17NO3. The first-order valence-corrected chi connectivity index (χ1v) is 5.36. The Morgan fingerprint density at radius 1 is 1.50 bits per heavy atom. The van der Waals surface area contributed by atoms with E-state index in [1.54, 1.807) is 13.0 Å². The van der Waals surface area contributed by atoms with Crippen LogP contribution in [-0.2, 0) is 11.2 Å². The minimum Gasteiger partial charge on any atom is -0.479 e. The summed E-state index contributed by atoms with van der Waals surface area (Å²) < 4.78 is 5.45. The van der Waals surface area contributed by atoms with E-state index in [2.05, 4.69) is 0 Å². The third-order valence-corrected chi connectivity index (χ3v) is 2.30. The van der Waals surface area contributed by atoms with Gasteiger partial charge in [0.2, 0.25) is 0 Å². The average Bonchev–Trinajstić information content (AvgIpc) is 2.27. The minimum absolute atomic E-state index is 0.437. The Morgan fingerprint density at radius 2 is 2.19 bits per heavy atom. The van der Waals surface area contributed by atoms with Crippen LogP contribution in [-0.4, -0.2) is 23.7 Å². The second-order valence-electron chi connectivity index (χ2n) is 3.50. The molecule has 1 rings (SSSR count). The summed E-state index contributed by atoms with van der Waals surface area (Å²) in [5, 5.41) is 8.91.